The molecule has 0 heterocycles. The van der Waals surface area contributed by atoms with E-state index in [0.29, 0.717) is 12.8 Å². The van der Waals surface area contributed by atoms with E-state index < -0.39 is 21.5 Å². The summed E-state index contributed by atoms with van der Waals surface area (Å²) in [6.07, 6.45) is 21.0. The second-order valence-corrected chi connectivity index (χ2v) is 10.5. The van der Waals surface area contributed by atoms with Gasteiger partial charge >= 0.3 is 51.4 Å². The molecule has 2 unspecified atom stereocenters. The Labute approximate surface area is 230 Å². The molecule has 0 fully saturated rings. The maximum absolute atomic E-state index is 11.5. The zero-order chi connectivity index (χ0) is 21.8. The van der Waals surface area contributed by atoms with Crippen LogP contribution in [0.3, 0.4) is 0 Å². The van der Waals surface area contributed by atoms with Gasteiger partial charge in [0.2, 0.25) is 0 Å². The molecule has 2 atom stereocenters. The molecule has 6 heteroatoms. The minimum absolute atomic E-state index is 0. The Kier molecular flexibility index (Phi) is 26.6. The maximum Gasteiger partial charge on any atom is 1.00 e. The summed E-state index contributed by atoms with van der Waals surface area (Å²) in [5, 5.41) is 9.10. The van der Waals surface area contributed by atoms with Crippen molar-refractivity contribution in [1.82, 2.24) is 0 Å². The largest absolute Gasteiger partial charge is 1.00 e. The van der Waals surface area contributed by atoms with Crippen molar-refractivity contribution in [3.05, 3.63) is 0 Å². The van der Waals surface area contributed by atoms with Crippen LogP contribution in [0.25, 0.3) is 0 Å². The summed E-state index contributed by atoms with van der Waals surface area (Å²) < 4.78 is 34.5. The van der Waals surface area contributed by atoms with Crippen molar-refractivity contribution in [3.63, 3.8) is 0 Å². The average Bonchev–Trinajstić information content (AvgIpc) is 2.66. The fourth-order valence-corrected chi connectivity index (χ4v) is 4.91. The Morgan fingerprint density at radius 1 is 0.633 bits per heavy atom. The van der Waals surface area contributed by atoms with Gasteiger partial charge in [-0.1, -0.05) is 123 Å². The summed E-state index contributed by atoms with van der Waals surface area (Å²) in [6, 6.07) is 0. The second kappa shape index (κ2) is 23.7. The Morgan fingerprint density at radius 2 is 0.967 bits per heavy atom. The first-order valence-corrected chi connectivity index (χ1v) is 14.0. The third kappa shape index (κ3) is 22.7. The summed E-state index contributed by atoms with van der Waals surface area (Å²) in [4.78, 5) is 0. The van der Waals surface area contributed by atoms with Crippen molar-refractivity contribution < 1.29 is 69.5 Å². The fourth-order valence-electron chi connectivity index (χ4n) is 4.00. The van der Waals surface area contributed by atoms with Crippen LogP contribution in [0.1, 0.15) is 142 Å². The van der Waals surface area contributed by atoms with Gasteiger partial charge in [0.1, 0.15) is 0 Å². The van der Waals surface area contributed by atoms with E-state index in [9.17, 15) is 18.1 Å². The Balaban J connectivity index is 0. The molecule has 0 spiro atoms. The molecule has 0 amide bonds. The van der Waals surface area contributed by atoms with Gasteiger partial charge in [-0.25, -0.2) is 8.42 Å². The number of aliphatic hydroxyl groups is 1. The Hall–Kier alpha value is 1.51. The van der Waals surface area contributed by atoms with Crippen LogP contribution < -0.4 is 51.4 Å². The van der Waals surface area contributed by atoms with E-state index in [1.807, 2.05) is 0 Å². The number of hydrogen-bond acceptors (Lipinski definition) is 4. The zero-order valence-electron chi connectivity index (χ0n) is 20.4. The van der Waals surface area contributed by atoms with Gasteiger partial charge in [0.15, 0.2) is 0 Å². The van der Waals surface area contributed by atoms with Crippen LogP contribution >= 0.6 is 0 Å². The summed E-state index contributed by atoms with van der Waals surface area (Å²) in [7, 11) is -4.32. The van der Waals surface area contributed by atoms with E-state index in [-0.39, 0.29) is 57.8 Å². The van der Waals surface area contributed by atoms with E-state index >= 15 is 0 Å². The predicted octanol–water partition coefficient (Wildman–Crippen LogP) is 4.11. The fraction of sp³-hybridized carbons (Fsp3) is 1.00. The first-order valence-electron chi connectivity index (χ1n) is 12.5. The van der Waals surface area contributed by atoms with E-state index in [1.165, 1.54) is 70.6 Å². The predicted molar refractivity (Wildman–Crippen MR) is 123 cm³/mol. The smallest absolute Gasteiger partial charge is 0.748 e. The van der Waals surface area contributed by atoms with Crippen molar-refractivity contribution >= 4 is 10.1 Å². The Morgan fingerprint density at radius 3 is 1.37 bits per heavy atom. The van der Waals surface area contributed by atoms with Crippen LogP contribution in [-0.4, -0.2) is 29.4 Å². The van der Waals surface area contributed by atoms with Crippen LogP contribution in [0.4, 0.5) is 0 Å². The molecule has 0 aromatic rings. The molecule has 0 aliphatic heterocycles. The van der Waals surface area contributed by atoms with Gasteiger partial charge in [0.25, 0.3) is 0 Å². The van der Waals surface area contributed by atoms with Crippen LogP contribution in [0.15, 0.2) is 0 Å². The second-order valence-electron chi connectivity index (χ2n) is 8.88. The molecule has 0 aromatic heterocycles. The topological polar surface area (TPSA) is 77.4 Å². The maximum atomic E-state index is 11.5. The molecule has 1 N–H and O–H groups in total. The van der Waals surface area contributed by atoms with E-state index in [4.69, 9.17) is 0 Å². The molecule has 0 saturated carbocycles. The molecule has 0 aliphatic rings. The first kappa shape index (κ1) is 33.7. The molecule has 0 saturated heterocycles. The summed E-state index contributed by atoms with van der Waals surface area (Å²) >= 11 is 0. The zero-order valence-corrected chi connectivity index (χ0v) is 24.3. The normalized spacial score (nSPS) is 13.7. The summed E-state index contributed by atoms with van der Waals surface area (Å²) in [6.45, 7) is 4.34. The molecule has 4 nitrogen and oxygen atoms in total. The van der Waals surface area contributed by atoms with Crippen molar-refractivity contribution in [2.75, 3.05) is 0 Å². The molecule has 0 bridgehead atoms. The summed E-state index contributed by atoms with van der Waals surface area (Å²) in [5.74, 6) is 0. The number of aliphatic hydroxyl groups excluding tert-OH is 1. The molecule has 30 heavy (non-hydrogen) atoms. The van der Waals surface area contributed by atoms with Crippen LogP contribution in [0.5, 0.6) is 0 Å². The summed E-state index contributed by atoms with van der Waals surface area (Å²) in [5.41, 5.74) is 0. The standard InChI is InChI=1S/C24H50O4S.K/c1-3-5-7-8-9-10-11-12-13-14-15-16-17-19-21-24(29(26,27)28)22-23(25)20-18-6-4-2;/h23-25H,3-22H2,1-2H3,(H,26,27,28);/q;+1/p-1. The van der Waals surface area contributed by atoms with Gasteiger partial charge in [0, 0.05) is 0 Å². The first-order chi connectivity index (χ1) is 13.9. The van der Waals surface area contributed by atoms with Crippen molar-refractivity contribution in [2.45, 2.75) is 154 Å². The number of unbranched alkanes of at least 4 members (excludes halogenated alkanes) is 15. The molecular weight excluding hydrogens is 423 g/mol. The van der Waals surface area contributed by atoms with Crippen molar-refractivity contribution in [2.24, 2.45) is 0 Å². The molecule has 0 radical (unpaired) electrons. The minimum atomic E-state index is -4.32. The van der Waals surface area contributed by atoms with Crippen molar-refractivity contribution in [1.29, 1.82) is 0 Å². The van der Waals surface area contributed by atoms with E-state index in [2.05, 4.69) is 13.8 Å². The average molecular weight is 473 g/mol. The van der Waals surface area contributed by atoms with E-state index in [1.54, 1.807) is 0 Å². The van der Waals surface area contributed by atoms with Gasteiger partial charge in [-0.15, -0.1) is 0 Å². The third-order valence-corrected chi connectivity index (χ3v) is 7.21. The molecule has 176 valence electrons. The number of hydrogen-bond donors (Lipinski definition) is 1. The van der Waals surface area contributed by atoms with Crippen molar-refractivity contribution in [3.8, 4) is 0 Å². The number of rotatable bonds is 22. The molecule has 0 aliphatic carbocycles. The monoisotopic (exact) mass is 472 g/mol. The van der Waals surface area contributed by atoms with Gasteiger partial charge < -0.3 is 9.66 Å². The van der Waals surface area contributed by atoms with Crippen LogP contribution in [-0.2, 0) is 10.1 Å². The van der Waals surface area contributed by atoms with Crippen LogP contribution in [0.2, 0.25) is 0 Å². The van der Waals surface area contributed by atoms with Gasteiger partial charge in [-0.2, -0.15) is 0 Å². The Bertz CT molecular complexity index is 442. The quantitative estimate of drug-likeness (QED) is 0.146. The SMILES string of the molecule is CCCCCCCCCCCCCCCCC(CC(O)CCCCC)S(=O)(=O)[O-].[K+]. The van der Waals surface area contributed by atoms with Gasteiger partial charge in [0.05, 0.1) is 21.5 Å². The van der Waals surface area contributed by atoms with E-state index in [0.717, 1.165) is 38.5 Å². The molecular formula is C24H49KO4S. The van der Waals surface area contributed by atoms with Crippen LogP contribution in [0, 0.1) is 0 Å². The molecule has 0 rings (SSSR count). The third-order valence-electron chi connectivity index (χ3n) is 5.96. The van der Waals surface area contributed by atoms with Gasteiger partial charge in [-0.3, -0.25) is 0 Å². The molecule has 0 aromatic carbocycles. The van der Waals surface area contributed by atoms with Gasteiger partial charge in [-0.05, 0) is 19.3 Å². The minimum Gasteiger partial charge on any atom is -0.748 e.